The summed E-state index contributed by atoms with van der Waals surface area (Å²) in [5.74, 6) is 2.29. The zero-order valence-corrected chi connectivity index (χ0v) is 21.3. The maximum Gasteiger partial charge on any atom is 0.181 e. The van der Waals surface area contributed by atoms with Crippen LogP contribution in [-0.4, -0.2) is 31.4 Å². The summed E-state index contributed by atoms with van der Waals surface area (Å²) in [5, 5.41) is 11.9. The fraction of sp³-hybridized carbons (Fsp3) is 0.161. The second kappa shape index (κ2) is 12.3. The lowest BCUT2D eigenvalue weighted by Gasteiger charge is -2.29. The summed E-state index contributed by atoms with van der Waals surface area (Å²) in [7, 11) is 0. The fourth-order valence-electron chi connectivity index (χ4n) is 4.01. The van der Waals surface area contributed by atoms with Crippen molar-refractivity contribution in [2.75, 3.05) is 18.5 Å². The van der Waals surface area contributed by atoms with Gasteiger partial charge in [-0.3, -0.25) is 5.32 Å². The number of nitrogens with one attached hydrogen (secondary N) is 1. The highest BCUT2D eigenvalue weighted by molar-refractivity contribution is 5.64. The number of anilines is 1. The highest BCUT2D eigenvalue weighted by Gasteiger charge is 2.30. The van der Waals surface area contributed by atoms with Gasteiger partial charge in [0.05, 0.1) is 5.69 Å². The molecule has 8 heteroatoms. The van der Waals surface area contributed by atoms with Gasteiger partial charge in [0.25, 0.3) is 0 Å². The number of ether oxygens (including phenoxy) is 4. The van der Waals surface area contributed by atoms with Crippen LogP contribution in [0.5, 0.6) is 23.0 Å². The molecule has 0 bridgehead atoms. The average Bonchev–Trinajstić information content (AvgIpc) is 3.00. The lowest BCUT2D eigenvalue weighted by Crippen LogP contribution is -2.44. The molecule has 0 radical (unpaired) electrons. The first-order chi connectivity index (χ1) is 19.2. The first-order valence-corrected chi connectivity index (χ1v) is 12.4. The van der Waals surface area contributed by atoms with Crippen LogP contribution in [0, 0.1) is 18.4 Å². The minimum Gasteiger partial charge on any atom is -0.489 e. The zero-order valence-electron chi connectivity index (χ0n) is 21.3. The maximum atomic E-state index is 9.25. The summed E-state index contributed by atoms with van der Waals surface area (Å²) < 4.78 is 25.4. The first kappa shape index (κ1) is 25.4. The molecular weight excluding hydrogens is 492 g/mol. The molecule has 0 aromatic heterocycles. The van der Waals surface area contributed by atoms with E-state index in [1.807, 2.05) is 98.0 Å². The first-order valence-electron chi connectivity index (χ1n) is 12.4. The Bertz CT molecular complexity index is 1540. The Kier molecular flexibility index (Phi) is 8.03. The van der Waals surface area contributed by atoms with Crippen molar-refractivity contribution in [1.82, 2.24) is 0 Å². The van der Waals surface area contributed by atoms with Crippen LogP contribution < -0.4 is 24.3 Å². The standard InChI is InChI=1S/C31H26N4O4/c1-22-10-2-6-14-26(22)36-18-30(38-28-16-8-4-12-24(28)33-20-32)31-19-37-27-15-7-3-11-23(27)34-21-35-25-13-5-9-17-29(25)39-31/h2-17,30-31,33H,18-19H2,1H3. The number of nitriles is 1. The van der Waals surface area contributed by atoms with Crippen LogP contribution in [0.25, 0.3) is 0 Å². The van der Waals surface area contributed by atoms with Gasteiger partial charge in [-0.15, -0.1) is 0 Å². The third-order valence-corrected chi connectivity index (χ3v) is 6.02. The molecule has 39 heavy (non-hydrogen) atoms. The van der Waals surface area contributed by atoms with Gasteiger partial charge in [0.15, 0.2) is 18.4 Å². The average molecular weight is 519 g/mol. The van der Waals surface area contributed by atoms with Crippen molar-refractivity contribution in [3.63, 3.8) is 0 Å². The molecule has 5 rings (SSSR count). The van der Waals surface area contributed by atoms with E-state index in [1.165, 1.54) is 0 Å². The van der Waals surface area contributed by atoms with Crippen molar-refractivity contribution in [2.45, 2.75) is 19.1 Å². The minimum atomic E-state index is -0.655. The lowest BCUT2D eigenvalue weighted by molar-refractivity contribution is -0.000218. The van der Waals surface area contributed by atoms with Crippen LogP contribution >= 0.6 is 0 Å². The Morgan fingerprint density at radius 3 is 2.31 bits per heavy atom. The van der Waals surface area contributed by atoms with Crippen LogP contribution in [0.2, 0.25) is 0 Å². The number of hydrogen-bond acceptors (Lipinski definition) is 8. The Morgan fingerprint density at radius 2 is 1.54 bits per heavy atom. The Balaban J connectivity index is 1.53. The van der Waals surface area contributed by atoms with Crippen molar-refractivity contribution >= 4 is 23.1 Å². The molecule has 0 fully saturated rings. The van der Waals surface area contributed by atoms with E-state index < -0.39 is 12.2 Å². The van der Waals surface area contributed by atoms with Gasteiger partial charge < -0.3 is 18.9 Å². The summed E-state index contributed by atoms with van der Waals surface area (Å²) in [5.41, 5.74) is 2.68. The quantitative estimate of drug-likeness (QED) is 0.216. The molecule has 4 aromatic carbocycles. The van der Waals surface area contributed by atoms with Crippen LogP contribution in [0.1, 0.15) is 5.56 Å². The normalized spacial score (nSPS) is 14.7. The zero-order chi connectivity index (χ0) is 26.9. The molecule has 1 aliphatic heterocycles. The SMILES string of the molecule is Cc1ccccc1OCC(Oc1ccccc1NC#N)C1COc2ccccc2N=C=Nc2ccccc2O1. The lowest BCUT2D eigenvalue weighted by atomic mass is 10.2. The van der Waals surface area contributed by atoms with Crippen LogP contribution in [0.3, 0.4) is 0 Å². The molecule has 194 valence electrons. The molecule has 2 atom stereocenters. The number of hydrogen-bond donors (Lipinski definition) is 1. The predicted octanol–water partition coefficient (Wildman–Crippen LogP) is 6.69. The highest BCUT2D eigenvalue weighted by Crippen LogP contribution is 2.33. The molecule has 4 aromatic rings. The molecule has 0 saturated heterocycles. The van der Waals surface area contributed by atoms with Crippen molar-refractivity contribution < 1.29 is 18.9 Å². The molecule has 0 amide bonds. The third kappa shape index (κ3) is 6.37. The van der Waals surface area contributed by atoms with Crippen LogP contribution in [0.4, 0.5) is 17.1 Å². The number of nitrogens with zero attached hydrogens (tertiary/aromatic N) is 3. The number of aryl methyl sites for hydroxylation is 1. The van der Waals surface area contributed by atoms with Gasteiger partial charge in [0.1, 0.15) is 53.6 Å². The topological polar surface area (TPSA) is 97.5 Å². The third-order valence-electron chi connectivity index (χ3n) is 6.02. The molecule has 8 nitrogen and oxygen atoms in total. The summed E-state index contributed by atoms with van der Waals surface area (Å²) in [4.78, 5) is 8.75. The highest BCUT2D eigenvalue weighted by atomic mass is 16.6. The summed E-state index contributed by atoms with van der Waals surface area (Å²) in [6, 6.07) is 32.5. The number of aliphatic imine (C=N–C) groups is 2. The van der Waals surface area contributed by atoms with Crippen LogP contribution in [0.15, 0.2) is 107 Å². The predicted molar refractivity (Wildman–Crippen MR) is 149 cm³/mol. The van der Waals surface area contributed by atoms with E-state index in [-0.39, 0.29) is 13.2 Å². The second-order valence-electron chi connectivity index (χ2n) is 8.69. The Hall–Kier alpha value is -5.25. The minimum absolute atomic E-state index is 0.122. The molecule has 1 aliphatic rings. The van der Waals surface area contributed by atoms with E-state index >= 15 is 0 Å². The number of para-hydroxylation sites is 7. The van der Waals surface area contributed by atoms with Gasteiger partial charge in [-0.2, -0.15) is 15.2 Å². The Labute approximate surface area is 226 Å². The van der Waals surface area contributed by atoms with Crippen LogP contribution in [-0.2, 0) is 0 Å². The van der Waals surface area contributed by atoms with Gasteiger partial charge in [0, 0.05) is 0 Å². The second-order valence-corrected chi connectivity index (χ2v) is 8.69. The van der Waals surface area contributed by atoms with Gasteiger partial charge >= 0.3 is 0 Å². The van der Waals surface area contributed by atoms with E-state index in [4.69, 9.17) is 18.9 Å². The molecule has 1 N–H and O–H groups in total. The van der Waals surface area contributed by atoms with Crippen molar-refractivity contribution in [3.8, 4) is 29.2 Å². The fourth-order valence-corrected chi connectivity index (χ4v) is 4.01. The van der Waals surface area contributed by atoms with Gasteiger partial charge in [-0.05, 0) is 55.0 Å². The monoisotopic (exact) mass is 518 g/mol. The van der Waals surface area contributed by atoms with Gasteiger partial charge in [-0.25, -0.2) is 0 Å². The van der Waals surface area contributed by atoms with E-state index in [1.54, 1.807) is 12.1 Å². The molecule has 0 saturated carbocycles. The Morgan fingerprint density at radius 1 is 0.897 bits per heavy atom. The molecular formula is C31H26N4O4. The number of benzene rings is 4. The molecule has 0 spiro atoms. The van der Waals surface area contributed by atoms with Gasteiger partial charge in [-0.1, -0.05) is 54.6 Å². The summed E-state index contributed by atoms with van der Waals surface area (Å²) >= 11 is 0. The van der Waals surface area contributed by atoms with Gasteiger partial charge in [0.2, 0.25) is 0 Å². The number of fused-ring (bicyclic) bond motifs is 2. The van der Waals surface area contributed by atoms with E-state index in [2.05, 4.69) is 21.3 Å². The summed E-state index contributed by atoms with van der Waals surface area (Å²) in [6.45, 7) is 2.25. The van der Waals surface area contributed by atoms with Crippen molar-refractivity contribution in [2.24, 2.45) is 9.98 Å². The van der Waals surface area contributed by atoms with E-state index in [9.17, 15) is 5.26 Å². The molecule has 2 unspecified atom stereocenters. The van der Waals surface area contributed by atoms with E-state index in [0.29, 0.717) is 34.3 Å². The smallest absolute Gasteiger partial charge is 0.181 e. The number of rotatable bonds is 7. The summed E-state index contributed by atoms with van der Waals surface area (Å²) in [6.07, 6.45) is 0.658. The van der Waals surface area contributed by atoms with Crippen molar-refractivity contribution in [3.05, 3.63) is 103 Å². The molecule has 1 heterocycles. The van der Waals surface area contributed by atoms with E-state index in [0.717, 1.165) is 11.3 Å². The van der Waals surface area contributed by atoms with Crippen molar-refractivity contribution in [1.29, 1.82) is 5.26 Å². The molecule has 0 aliphatic carbocycles. The largest absolute Gasteiger partial charge is 0.489 e. The maximum absolute atomic E-state index is 9.25.